The number of carboxylic acids is 1. The molecule has 4 N–H and O–H groups in total. The average molecular weight is 450 g/mol. The Kier molecular flexibility index (Phi) is 8.65. The fourth-order valence-electron chi connectivity index (χ4n) is 4.52. The second kappa shape index (κ2) is 10.8. The lowest BCUT2D eigenvalue weighted by atomic mass is 9.74. The van der Waals surface area contributed by atoms with Crippen LogP contribution in [0.1, 0.15) is 44.1 Å². The molecule has 3 rings (SSSR count). The highest BCUT2D eigenvalue weighted by atomic mass is 35.5. The minimum Gasteiger partial charge on any atom is -0.481 e. The van der Waals surface area contributed by atoms with E-state index in [1.165, 1.54) is 18.0 Å². The summed E-state index contributed by atoms with van der Waals surface area (Å²) in [5.41, 5.74) is 5.52. The van der Waals surface area contributed by atoms with Crippen molar-refractivity contribution in [2.75, 3.05) is 13.6 Å². The predicted molar refractivity (Wildman–Crippen MR) is 120 cm³/mol. The fourth-order valence-corrected chi connectivity index (χ4v) is 4.52. The van der Waals surface area contributed by atoms with Crippen LogP contribution in [0, 0.1) is 11.3 Å². The maximum atomic E-state index is 13.0. The third kappa shape index (κ3) is 5.86. The molecule has 8 heteroatoms. The van der Waals surface area contributed by atoms with Crippen molar-refractivity contribution in [3.8, 4) is 0 Å². The van der Waals surface area contributed by atoms with Crippen LogP contribution in [0.3, 0.4) is 0 Å². The molecule has 1 fully saturated rings. The minimum atomic E-state index is -1.27. The first-order valence-electron chi connectivity index (χ1n) is 10.6. The van der Waals surface area contributed by atoms with Crippen molar-refractivity contribution in [1.82, 2.24) is 10.2 Å². The van der Waals surface area contributed by atoms with Gasteiger partial charge >= 0.3 is 5.97 Å². The first-order chi connectivity index (χ1) is 14.3. The molecule has 1 aliphatic heterocycles. The molecule has 170 valence electrons. The molecule has 1 unspecified atom stereocenters. The number of hydrogen-bond acceptors (Lipinski definition) is 4. The van der Waals surface area contributed by atoms with Crippen molar-refractivity contribution in [1.29, 1.82) is 0 Å². The van der Waals surface area contributed by atoms with Crippen LogP contribution in [-0.4, -0.2) is 47.4 Å². The molecule has 31 heavy (non-hydrogen) atoms. The number of hydrogen-bond donors (Lipinski definition) is 3. The van der Waals surface area contributed by atoms with Gasteiger partial charge in [-0.2, -0.15) is 0 Å². The van der Waals surface area contributed by atoms with Gasteiger partial charge in [0.25, 0.3) is 11.8 Å². The van der Waals surface area contributed by atoms with E-state index in [1.54, 1.807) is 0 Å². The van der Waals surface area contributed by atoms with E-state index in [0.29, 0.717) is 12.3 Å². The van der Waals surface area contributed by atoms with E-state index in [-0.39, 0.29) is 37.1 Å². The monoisotopic (exact) mass is 449 g/mol. The van der Waals surface area contributed by atoms with Gasteiger partial charge in [-0.05, 0) is 56.1 Å². The molecule has 2 amide bonds. The summed E-state index contributed by atoms with van der Waals surface area (Å²) in [6.45, 7) is 0.324. The number of aliphatic carboxylic acids is 1. The molecule has 1 aliphatic carbocycles. The smallest absolute Gasteiger partial charge is 0.315 e. The van der Waals surface area contributed by atoms with Crippen molar-refractivity contribution in [3.05, 3.63) is 47.5 Å². The second-order valence-electron chi connectivity index (χ2n) is 8.56. The van der Waals surface area contributed by atoms with E-state index >= 15 is 0 Å². The van der Waals surface area contributed by atoms with Gasteiger partial charge in [0, 0.05) is 26.2 Å². The average Bonchev–Trinajstić information content (AvgIpc) is 2.75. The molecular formula is C23H32ClN3O4. The highest BCUT2D eigenvalue weighted by molar-refractivity contribution is 6.19. The van der Waals surface area contributed by atoms with E-state index < -0.39 is 23.2 Å². The molecule has 1 aromatic carbocycles. The molecule has 0 aromatic heterocycles. The molecule has 1 saturated carbocycles. The number of rotatable bonds is 7. The standard InChI is InChI=1S/C23H31N3O4.ClH/c1-25-20(27)19-13-23(22(29)30,12-11-16-7-9-18(24)10-8-16)15-26(21(19)28)14-17-5-3-2-4-6-17;/h2-6,13,16,18H,7-12,14-15,24H2,1H3,(H,25,27)(H,29,30);1H. The van der Waals surface area contributed by atoms with E-state index in [1.807, 2.05) is 30.3 Å². The van der Waals surface area contributed by atoms with Crippen molar-refractivity contribution in [2.45, 2.75) is 51.1 Å². The molecule has 0 radical (unpaired) electrons. The zero-order valence-corrected chi connectivity index (χ0v) is 18.7. The zero-order chi connectivity index (χ0) is 21.7. The van der Waals surface area contributed by atoms with Crippen molar-refractivity contribution in [2.24, 2.45) is 17.1 Å². The molecule has 0 spiro atoms. The normalized spacial score (nSPS) is 25.9. The summed E-state index contributed by atoms with van der Waals surface area (Å²) in [5, 5.41) is 12.6. The van der Waals surface area contributed by atoms with Gasteiger partial charge in [-0.15, -0.1) is 12.4 Å². The zero-order valence-electron chi connectivity index (χ0n) is 17.9. The summed E-state index contributed by atoms with van der Waals surface area (Å²) in [5.74, 6) is -1.55. The predicted octanol–water partition coefficient (Wildman–Crippen LogP) is 2.49. The lowest BCUT2D eigenvalue weighted by Gasteiger charge is -2.39. The summed E-state index contributed by atoms with van der Waals surface area (Å²) in [4.78, 5) is 39.3. The number of carbonyl (C=O) groups excluding carboxylic acids is 2. The van der Waals surface area contributed by atoms with Gasteiger partial charge < -0.3 is 21.1 Å². The highest BCUT2D eigenvalue weighted by Crippen LogP contribution is 2.38. The Bertz CT molecular complexity index is 821. The van der Waals surface area contributed by atoms with Crippen LogP contribution in [0.5, 0.6) is 0 Å². The lowest BCUT2D eigenvalue weighted by Crippen LogP contribution is -2.51. The van der Waals surface area contributed by atoms with Crippen molar-refractivity contribution in [3.63, 3.8) is 0 Å². The Hall–Kier alpha value is -2.38. The van der Waals surface area contributed by atoms with Gasteiger partial charge in [0.05, 0.1) is 0 Å². The second-order valence-corrected chi connectivity index (χ2v) is 8.56. The molecule has 1 aromatic rings. The van der Waals surface area contributed by atoms with E-state index in [2.05, 4.69) is 5.32 Å². The Morgan fingerprint density at radius 2 is 1.84 bits per heavy atom. The SMILES string of the molecule is CNC(=O)C1=CC(CCC2CCC(N)CC2)(C(=O)O)CN(Cc2ccccc2)C1=O.Cl. The van der Waals surface area contributed by atoms with Gasteiger partial charge in [0.2, 0.25) is 0 Å². The largest absolute Gasteiger partial charge is 0.481 e. The quantitative estimate of drug-likeness (QED) is 0.553. The Balaban J connectivity index is 0.00000341. The summed E-state index contributed by atoms with van der Waals surface area (Å²) in [6.07, 6.45) is 6.44. The third-order valence-corrected chi connectivity index (χ3v) is 6.42. The number of halogens is 1. The summed E-state index contributed by atoms with van der Waals surface area (Å²) >= 11 is 0. The van der Waals surface area contributed by atoms with Gasteiger partial charge in [-0.25, -0.2) is 0 Å². The number of nitrogens with zero attached hydrogens (tertiary/aromatic N) is 1. The number of nitrogens with one attached hydrogen (secondary N) is 1. The Morgan fingerprint density at radius 1 is 1.19 bits per heavy atom. The van der Waals surface area contributed by atoms with Crippen LogP contribution in [0.25, 0.3) is 0 Å². The first kappa shape index (κ1) is 24.9. The first-order valence-corrected chi connectivity index (χ1v) is 10.6. The number of likely N-dealkylation sites (N-methyl/N-ethyl adjacent to an activating group) is 1. The molecule has 7 nitrogen and oxygen atoms in total. The van der Waals surface area contributed by atoms with Gasteiger partial charge in [0.15, 0.2) is 0 Å². The summed E-state index contributed by atoms with van der Waals surface area (Å²) < 4.78 is 0. The molecule has 1 heterocycles. The van der Waals surface area contributed by atoms with E-state index in [4.69, 9.17) is 5.73 Å². The van der Waals surface area contributed by atoms with Gasteiger partial charge in [-0.1, -0.05) is 30.3 Å². The minimum absolute atomic E-state index is 0. The maximum Gasteiger partial charge on any atom is 0.315 e. The molecule has 1 atom stereocenters. The molecular weight excluding hydrogens is 418 g/mol. The number of benzene rings is 1. The number of nitrogens with two attached hydrogens (primary N) is 1. The fraction of sp³-hybridized carbons (Fsp3) is 0.522. The van der Waals surface area contributed by atoms with Crippen molar-refractivity contribution >= 4 is 30.2 Å². The van der Waals surface area contributed by atoms with Crippen LogP contribution in [0.15, 0.2) is 42.0 Å². The summed E-state index contributed by atoms with van der Waals surface area (Å²) in [7, 11) is 1.44. The summed E-state index contributed by atoms with van der Waals surface area (Å²) in [6, 6.07) is 9.64. The van der Waals surface area contributed by atoms with Crippen LogP contribution in [0.4, 0.5) is 0 Å². The Labute approximate surface area is 189 Å². The maximum absolute atomic E-state index is 13.0. The lowest BCUT2D eigenvalue weighted by molar-refractivity contribution is -0.150. The highest BCUT2D eigenvalue weighted by Gasteiger charge is 2.45. The van der Waals surface area contributed by atoms with Crippen LogP contribution in [-0.2, 0) is 20.9 Å². The van der Waals surface area contributed by atoms with Crippen LogP contribution >= 0.6 is 12.4 Å². The molecule has 0 saturated heterocycles. The third-order valence-electron chi connectivity index (χ3n) is 6.42. The Morgan fingerprint density at radius 3 is 2.42 bits per heavy atom. The van der Waals surface area contributed by atoms with Gasteiger partial charge in [-0.3, -0.25) is 14.4 Å². The number of carbonyl (C=O) groups is 3. The number of carboxylic acid groups (broad SMARTS) is 1. The van der Waals surface area contributed by atoms with E-state index in [9.17, 15) is 19.5 Å². The molecule has 0 bridgehead atoms. The van der Waals surface area contributed by atoms with Crippen LogP contribution < -0.4 is 11.1 Å². The number of amides is 2. The van der Waals surface area contributed by atoms with E-state index in [0.717, 1.165) is 37.7 Å². The van der Waals surface area contributed by atoms with Gasteiger partial charge in [0.1, 0.15) is 11.0 Å². The van der Waals surface area contributed by atoms with Crippen LogP contribution in [0.2, 0.25) is 0 Å². The molecule has 2 aliphatic rings. The van der Waals surface area contributed by atoms with Crippen molar-refractivity contribution < 1.29 is 19.5 Å². The topological polar surface area (TPSA) is 113 Å².